The van der Waals surface area contributed by atoms with Gasteiger partial charge in [-0.15, -0.1) is 0 Å². The Labute approximate surface area is 103 Å². The van der Waals surface area contributed by atoms with Gasteiger partial charge >= 0.3 is 0 Å². The summed E-state index contributed by atoms with van der Waals surface area (Å²) in [6.45, 7) is 2.39. The first-order valence-corrected chi connectivity index (χ1v) is 6.35. The van der Waals surface area contributed by atoms with Gasteiger partial charge in [-0.1, -0.05) is 24.3 Å². The van der Waals surface area contributed by atoms with Crippen molar-refractivity contribution in [3.05, 3.63) is 35.4 Å². The van der Waals surface area contributed by atoms with Crippen molar-refractivity contribution in [1.29, 1.82) is 0 Å². The van der Waals surface area contributed by atoms with Crippen LogP contribution >= 0.6 is 0 Å². The minimum atomic E-state index is 0.249. The summed E-state index contributed by atoms with van der Waals surface area (Å²) >= 11 is 0. The summed E-state index contributed by atoms with van der Waals surface area (Å²) in [4.78, 5) is 14.0. The summed E-state index contributed by atoms with van der Waals surface area (Å²) in [7, 11) is 0. The lowest BCUT2D eigenvalue weighted by Crippen LogP contribution is -2.36. The summed E-state index contributed by atoms with van der Waals surface area (Å²) in [6, 6.07) is 8.00. The first-order valence-electron chi connectivity index (χ1n) is 6.35. The number of hydrogen-bond acceptors (Lipinski definition) is 2. The smallest absolute Gasteiger partial charge is 0.226 e. The first-order chi connectivity index (χ1) is 8.29. The molecule has 0 aliphatic carbocycles. The van der Waals surface area contributed by atoms with Gasteiger partial charge in [0.1, 0.15) is 0 Å². The Morgan fingerprint density at radius 1 is 1.18 bits per heavy atom. The van der Waals surface area contributed by atoms with Crippen molar-refractivity contribution in [3.63, 3.8) is 0 Å². The highest BCUT2D eigenvalue weighted by Crippen LogP contribution is 2.12. The van der Waals surface area contributed by atoms with Crippen LogP contribution in [0.1, 0.15) is 30.4 Å². The molecular weight excluding hydrogens is 212 g/mol. The fourth-order valence-corrected chi connectivity index (χ4v) is 2.30. The molecule has 0 unspecified atom stereocenters. The summed E-state index contributed by atoms with van der Waals surface area (Å²) in [5.41, 5.74) is 7.76. The summed E-state index contributed by atoms with van der Waals surface area (Å²) in [6.07, 6.45) is 4.06. The van der Waals surface area contributed by atoms with Crippen LogP contribution in [-0.2, 0) is 17.8 Å². The van der Waals surface area contributed by atoms with Crippen molar-refractivity contribution in [2.45, 2.75) is 32.2 Å². The van der Waals surface area contributed by atoms with Crippen LogP contribution in [0, 0.1) is 0 Å². The highest BCUT2D eigenvalue weighted by Gasteiger charge is 2.16. The van der Waals surface area contributed by atoms with E-state index in [0.717, 1.165) is 37.1 Å². The molecule has 2 rings (SSSR count). The van der Waals surface area contributed by atoms with Crippen LogP contribution in [0.5, 0.6) is 0 Å². The number of nitrogens with zero attached hydrogens (tertiary/aromatic N) is 1. The largest absolute Gasteiger partial charge is 0.342 e. The molecule has 0 saturated carbocycles. The Morgan fingerprint density at radius 3 is 2.59 bits per heavy atom. The molecular formula is C14H20N2O. The van der Waals surface area contributed by atoms with E-state index in [0.29, 0.717) is 13.0 Å². The maximum atomic E-state index is 12.1. The van der Waals surface area contributed by atoms with Gasteiger partial charge in [-0.05, 0) is 30.4 Å². The third kappa shape index (κ3) is 3.30. The molecule has 0 atom stereocenters. The average Bonchev–Trinajstić information content (AvgIpc) is 2.40. The first kappa shape index (κ1) is 12.1. The van der Waals surface area contributed by atoms with Gasteiger partial charge in [0, 0.05) is 19.6 Å². The van der Waals surface area contributed by atoms with Crippen LogP contribution in [-0.4, -0.2) is 23.9 Å². The molecule has 1 amide bonds. The van der Waals surface area contributed by atoms with Gasteiger partial charge < -0.3 is 10.6 Å². The van der Waals surface area contributed by atoms with Crippen LogP contribution < -0.4 is 5.73 Å². The molecule has 1 fully saturated rings. The molecule has 1 aliphatic heterocycles. The van der Waals surface area contributed by atoms with Crippen LogP contribution in [0.2, 0.25) is 0 Å². The SMILES string of the molecule is NCc1cccc(CC(=O)N2CCCCC2)c1. The molecule has 2 N–H and O–H groups in total. The minimum Gasteiger partial charge on any atom is -0.342 e. The van der Waals surface area contributed by atoms with Gasteiger partial charge in [-0.3, -0.25) is 4.79 Å². The van der Waals surface area contributed by atoms with Gasteiger partial charge in [0.25, 0.3) is 0 Å². The summed E-state index contributed by atoms with van der Waals surface area (Å²) < 4.78 is 0. The summed E-state index contributed by atoms with van der Waals surface area (Å²) in [5, 5.41) is 0. The minimum absolute atomic E-state index is 0.249. The quantitative estimate of drug-likeness (QED) is 0.862. The van der Waals surface area contributed by atoms with Gasteiger partial charge in [0.05, 0.1) is 6.42 Å². The molecule has 17 heavy (non-hydrogen) atoms. The fourth-order valence-electron chi connectivity index (χ4n) is 2.30. The Bertz CT molecular complexity index is 384. The molecule has 92 valence electrons. The van der Waals surface area contributed by atoms with E-state index in [9.17, 15) is 4.79 Å². The fraction of sp³-hybridized carbons (Fsp3) is 0.500. The molecule has 1 aromatic rings. The Kier molecular flexibility index (Phi) is 4.15. The van der Waals surface area contributed by atoms with Crippen molar-refractivity contribution >= 4 is 5.91 Å². The van der Waals surface area contributed by atoms with Crippen molar-refractivity contribution in [2.75, 3.05) is 13.1 Å². The number of carbonyl (C=O) groups excluding carboxylic acids is 1. The molecule has 0 bridgehead atoms. The van der Waals surface area contributed by atoms with E-state index in [-0.39, 0.29) is 5.91 Å². The van der Waals surface area contributed by atoms with E-state index in [1.54, 1.807) is 0 Å². The lowest BCUT2D eigenvalue weighted by molar-refractivity contribution is -0.131. The maximum absolute atomic E-state index is 12.1. The van der Waals surface area contributed by atoms with E-state index >= 15 is 0 Å². The second-order valence-electron chi connectivity index (χ2n) is 4.64. The second-order valence-corrected chi connectivity index (χ2v) is 4.64. The van der Waals surface area contributed by atoms with Crippen LogP contribution in [0.3, 0.4) is 0 Å². The number of hydrogen-bond donors (Lipinski definition) is 1. The number of piperidine rings is 1. The molecule has 1 aliphatic rings. The number of nitrogens with two attached hydrogens (primary N) is 1. The van der Waals surface area contributed by atoms with Gasteiger partial charge in [0.15, 0.2) is 0 Å². The number of likely N-dealkylation sites (tertiary alicyclic amines) is 1. The molecule has 1 saturated heterocycles. The predicted octanol–water partition coefficient (Wildman–Crippen LogP) is 1.70. The maximum Gasteiger partial charge on any atom is 0.226 e. The third-order valence-electron chi connectivity index (χ3n) is 3.29. The van der Waals surface area contributed by atoms with Gasteiger partial charge in [-0.2, -0.15) is 0 Å². The number of benzene rings is 1. The van der Waals surface area contributed by atoms with E-state index in [1.807, 2.05) is 29.2 Å². The molecule has 1 heterocycles. The monoisotopic (exact) mass is 232 g/mol. The molecule has 0 radical (unpaired) electrons. The molecule has 3 heteroatoms. The zero-order chi connectivity index (χ0) is 12.1. The highest BCUT2D eigenvalue weighted by molar-refractivity contribution is 5.78. The van der Waals surface area contributed by atoms with Crippen molar-refractivity contribution in [3.8, 4) is 0 Å². The Hall–Kier alpha value is -1.35. The van der Waals surface area contributed by atoms with Crippen molar-refractivity contribution in [1.82, 2.24) is 4.90 Å². The second kappa shape index (κ2) is 5.82. The third-order valence-corrected chi connectivity index (χ3v) is 3.29. The highest BCUT2D eigenvalue weighted by atomic mass is 16.2. The van der Waals surface area contributed by atoms with Crippen LogP contribution in [0.15, 0.2) is 24.3 Å². The van der Waals surface area contributed by atoms with E-state index in [2.05, 4.69) is 0 Å². The van der Waals surface area contributed by atoms with Gasteiger partial charge in [-0.25, -0.2) is 0 Å². The van der Waals surface area contributed by atoms with E-state index in [4.69, 9.17) is 5.73 Å². The molecule has 3 nitrogen and oxygen atoms in total. The van der Waals surface area contributed by atoms with Crippen molar-refractivity contribution < 1.29 is 4.79 Å². The number of amides is 1. The average molecular weight is 232 g/mol. The lowest BCUT2D eigenvalue weighted by Gasteiger charge is -2.26. The molecule has 1 aromatic carbocycles. The number of rotatable bonds is 3. The van der Waals surface area contributed by atoms with E-state index in [1.165, 1.54) is 6.42 Å². The van der Waals surface area contributed by atoms with Crippen LogP contribution in [0.25, 0.3) is 0 Å². The number of carbonyl (C=O) groups is 1. The lowest BCUT2D eigenvalue weighted by atomic mass is 10.1. The summed E-state index contributed by atoms with van der Waals surface area (Å²) in [5.74, 6) is 0.249. The van der Waals surface area contributed by atoms with Crippen molar-refractivity contribution in [2.24, 2.45) is 5.73 Å². The Balaban J connectivity index is 1.96. The normalized spacial score (nSPS) is 15.9. The standard InChI is InChI=1S/C14H20N2O/c15-11-13-6-4-5-12(9-13)10-14(17)16-7-2-1-3-8-16/h4-6,9H,1-3,7-8,10-11,15H2. The molecule has 0 spiro atoms. The Morgan fingerprint density at radius 2 is 1.88 bits per heavy atom. The van der Waals surface area contributed by atoms with Crippen LogP contribution in [0.4, 0.5) is 0 Å². The van der Waals surface area contributed by atoms with Gasteiger partial charge in [0.2, 0.25) is 5.91 Å². The zero-order valence-electron chi connectivity index (χ0n) is 10.2. The molecule has 0 aromatic heterocycles. The zero-order valence-corrected chi connectivity index (χ0v) is 10.2. The topological polar surface area (TPSA) is 46.3 Å². The predicted molar refractivity (Wildman–Crippen MR) is 68.5 cm³/mol. The van der Waals surface area contributed by atoms with E-state index < -0.39 is 0 Å².